The number of rotatable bonds is 5. The normalized spacial score (nSPS) is 16.0. The molecule has 0 atom stereocenters. The zero-order valence-corrected chi connectivity index (χ0v) is 15.7. The second-order valence-corrected chi connectivity index (χ2v) is 7.17. The lowest BCUT2D eigenvalue weighted by Gasteiger charge is -2.35. The van der Waals surface area contributed by atoms with Crippen LogP contribution in [0, 0.1) is 5.92 Å². The number of ether oxygens (including phenoxy) is 3. The van der Waals surface area contributed by atoms with E-state index in [4.69, 9.17) is 14.2 Å². The number of benzene rings is 1. The van der Waals surface area contributed by atoms with Crippen molar-refractivity contribution in [1.29, 1.82) is 0 Å². The molecule has 1 aromatic rings. The average Bonchev–Trinajstić information content (AvgIpc) is 2.54. The van der Waals surface area contributed by atoms with Crippen molar-refractivity contribution in [2.45, 2.75) is 32.3 Å². The van der Waals surface area contributed by atoms with Crippen molar-refractivity contribution in [1.82, 2.24) is 0 Å². The monoisotopic (exact) mass is 386 g/mol. The summed E-state index contributed by atoms with van der Waals surface area (Å²) in [6, 6.07) is 3.37. The van der Waals surface area contributed by atoms with E-state index >= 15 is 0 Å². The molecule has 128 valence electrons. The van der Waals surface area contributed by atoms with Gasteiger partial charge in [0, 0.05) is 23.2 Å². The van der Waals surface area contributed by atoms with Gasteiger partial charge in [-0.25, -0.2) is 4.79 Å². The standard InChI is InChI=1S/C17H24BrNO4/c1-17(2,11-5-7-19-8-6-11)23-16(20)12-9-14(21-3)15(22-4)10-13(12)18/h9-11,19H,5-8H2,1-4H3/p+1. The van der Waals surface area contributed by atoms with Crippen molar-refractivity contribution in [3.05, 3.63) is 22.2 Å². The predicted octanol–water partition coefficient (Wildman–Crippen LogP) is 2.38. The molecule has 0 bridgehead atoms. The number of esters is 1. The lowest BCUT2D eigenvalue weighted by Crippen LogP contribution is -2.86. The molecule has 1 aliphatic heterocycles. The summed E-state index contributed by atoms with van der Waals surface area (Å²) >= 11 is 3.41. The van der Waals surface area contributed by atoms with E-state index < -0.39 is 5.60 Å². The SMILES string of the molecule is COc1cc(Br)c(C(=O)OC(C)(C)C2CC[NH2+]CC2)cc1OC. The number of quaternary nitrogens is 1. The van der Waals surface area contributed by atoms with Gasteiger partial charge in [-0.15, -0.1) is 0 Å². The first kappa shape index (κ1) is 18.1. The minimum atomic E-state index is -0.488. The number of carbonyl (C=O) groups excluding carboxylic acids is 1. The lowest BCUT2D eigenvalue weighted by atomic mass is 9.83. The van der Waals surface area contributed by atoms with Gasteiger partial charge in [-0.3, -0.25) is 0 Å². The number of methoxy groups -OCH3 is 2. The molecule has 0 amide bonds. The molecule has 0 radical (unpaired) electrons. The third-order valence-corrected chi connectivity index (χ3v) is 5.13. The zero-order chi connectivity index (χ0) is 17.0. The number of halogens is 1. The van der Waals surface area contributed by atoms with Crippen molar-refractivity contribution >= 4 is 21.9 Å². The molecule has 0 unspecified atom stereocenters. The van der Waals surface area contributed by atoms with Crippen molar-refractivity contribution < 1.29 is 24.3 Å². The molecule has 1 aromatic carbocycles. The van der Waals surface area contributed by atoms with E-state index in [1.165, 1.54) is 0 Å². The highest BCUT2D eigenvalue weighted by Crippen LogP contribution is 2.35. The molecule has 0 aromatic heterocycles. The van der Waals surface area contributed by atoms with Crippen LogP contribution in [0.15, 0.2) is 16.6 Å². The molecule has 23 heavy (non-hydrogen) atoms. The number of carbonyl (C=O) groups is 1. The molecule has 1 aliphatic rings. The molecule has 0 spiro atoms. The molecule has 1 fully saturated rings. The topological polar surface area (TPSA) is 61.4 Å². The number of nitrogens with two attached hydrogens (primary N) is 1. The van der Waals surface area contributed by atoms with Crippen molar-refractivity contribution in [2.75, 3.05) is 27.3 Å². The number of hydrogen-bond donors (Lipinski definition) is 1. The molecule has 2 N–H and O–H groups in total. The van der Waals surface area contributed by atoms with E-state index in [9.17, 15) is 4.79 Å². The van der Waals surface area contributed by atoms with Gasteiger partial charge < -0.3 is 19.5 Å². The molecule has 5 nitrogen and oxygen atoms in total. The highest BCUT2D eigenvalue weighted by Gasteiger charge is 2.36. The maximum absolute atomic E-state index is 12.6. The Morgan fingerprint density at radius 2 is 1.74 bits per heavy atom. The third-order valence-electron chi connectivity index (χ3n) is 4.47. The smallest absolute Gasteiger partial charge is 0.339 e. The van der Waals surface area contributed by atoms with Gasteiger partial charge in [0.05, 0.1) is 32.9 Å². The Morgan fingerprint density at radius 1 is 1.17 bits per heavy atom. The Labute approximate surface area is 145 Å². The van der Waals surface area contributed by atoms with Crippen molar-refractivity contribution in [2.24, 2.45) is 5.92 Å². The fourth-order valence-electron chi connectivity index (χ4n) is 3.01. The van der Waals surface area contributed by atoms with E-state index in [1.807, 2.05) is 13.8 Å². The van der Waals surface area contributed by atoms with Gasteiger partial charge in [-0.05, 0) is 41.9 Å². The van der Waals surface area contributed by atoms with Crippen LogP contribution in [-0.2, 0) is 4.74 Å². The molecule has 1 saturated heterocycles. The summed E-state index contributed by atoms with van der Waals surface area (Å²) in [5, 5.41) is 2.30. The van der Waals surface area contributed by atoms with Crippen LogP contribution in [0.2, 0.25) is 0 Å². The average molecular weight is 387 g/mol. The number of piperidine rings is 1. The quantitative estimate of drug-likeness (QED) is 0.789. The fourth-order valence-corrected chi connectivity index (χ4v) is 3.49. The van der Waals surface area contributed by atoms with E-state index in [0.717, 1.165) is 25.9 Å². The van der Waals surface area contributed by atoms with Crippen LogP contribution in [0.1, 0.15) is 37.0 Å². The van der Waals surface area contributed by atoms with Crippen LogP contribution in [-0.4, -0.2) is 38.9 Å². The first-order valence-electron chi connectivity index (χ1n) is 7.85. The van der Waals surface area contributed by atoms with Crippen LogP contribution in [0.3, 0.4) is 0 Å². The number of hydrogen-bond acceptors (Lipinski definition) is 4. The minimum Gasteiger partial charge on any atom is -0.493 e. The third kappa shape index (κ3) is 4.18. The zero-order valence-electron chi connectivity index (χ0n) is 14.1. The Kier molecular flexibility index (Phi) is 5.92. The maximum Gasteiger partial charge on any atom is 0.339 e. The van der Waals surface area contributed by atoms with Crippen LogP contribution in [0.25, 0.3) is 0 Å². The van der Waals surface area contributed by atoms with E-state index in [2.05, 4.69) is 21.2 Å². The Hall–Kier alpha value is -1.27. The van der Waals surface area contributed by atoms with Crippen molar-refractivity contribution in [3.63, 3.8) is 0 Å². The van der Waals surface area contributed by atoms with Gasteiger partial charge in [0.25, 0.3) is 0 Å². The molecule has 1 heterocycles. The summed E-state index contributed by atoms with van der Waals surface area (Å²) in [5.41, 5.74) is -0.0455. The van der Waals surface area contributed by atoms with Gasteiger partial charge >= 0.3 is 5.97 Å². The molecule has 2 rings (SSSR count). The fraction of sp³-hybridized carbons (Fsp3) is 0.588. The lowest BCUT2D eigenvalue weighted by molar-refractivity contribution is -0.665. The summed E-state index contributed by atoms with van der Waals surface area (Å²) in [4.78, 5) is 12.6. The Bertz CT molecular complexity index is 568. The summed E-state index contributed by atoms with van der Waals surface area (Å²) < 4.78 is 17.0. The second kappa shape index (κ2) is 7.53. The molecule has 0 saturated carbocycles. The highest BCUT2D eigenvalue weighted by molar-refractivity contribution is 9.10. The minimum absolute atomic E-state index is 0.350. The largest absolute Gasteiger partial charge is 0.493 e. The second-order valence-electron chi connectivity index (χ2n) is 6.32. The molecule has 6 heteroatoms. The molecular weight excluding hydrogens is 362 g/mol. The van der Waals surface area contributed by atoms with Crippen LogP contribution in [0.5, 0.6) is 11.5 Å². The van der Waals surface area contributed by atoms with Gasteiger partial charge in [0.15, 0.2) is 11.5 Å². The van der Waals surface area contributed by atoms with E-state index in [-0.39, 0.29) is 5.97 Å². The summed E-state index contributed by atoms with van der Waals surface area (Å²) in [7, 11) is 3.11. The maximum atomic E-state index is 12.6. The predicted molar refractivity (Wildman–Crippen MR) is 91.1 cm³/mol. The van der Waals surface area contributed by atoms with Gasteiger partial charge in [0.2, 0.25) is 0 Å². The van der Waals surface area contributed by atoms with Gasteiger partial charge in [-0.1, -0.05) is 0 Å². The van der Waals surface area contributed by atoms with Gasteiger partial charge in [0.1, 0.15) is 5.60 Å². The first-order valence-corrected chi connectivity index (χ1v) is 8.65. The molecule has 0 aliphatic carbocycles. The summed E-state index contributed by atoms with van der Waals surface area (Å²) in [5.74, 6) is 1.11. The Balaban J connectivity index is 2.19. The van der Waals surface area contributed by atoms with E-state index in [1.54, 1.807) is 26.4 Å². The summed E-state index contributed by atoms with van der Waals surface area (Å²) in [6.45, 7) is 6.17. The summed E-state index contributed by atoms with van der Waals surface area (Å²) in [6.07, 6.45) is 2.13. The van der Waals surface area contributed by atoms with Crippen LogP contribution >= 0.6 is 15.9 Å². The van der Waals surface area contributed by atoms with Gasteiger partial charge in [-0.2, -0.15) is 0 Å². The first-order chi connectivity index (χ1) is 10.9. The Morgan fingerprint density at radius 3 is 2.30 bits per heavy atom. The van der Waals surface area contributed by atoms with E-state index in [0.29, 0.717) is 27.5 Å². The van der Waals surface area contributed by atoms with Crippen molar-refractivity contribution in [3.8, 4) is 11.5 Å². The molecular formula is C17H25BrNO4+. The van der Waals surface area contributed by atoms with Crippen LogP contribution in [0.4, 0.5) is 0 Å². The highest BCUT2D eigenvalue weighted by atomic mass is 79.9. The van der Waals surface area contributed by atoms with Crippen LogP contribution < -0.4 is 14.8 Å².